The SMILES string of the molecule is CC(C)COc1cc(F)cc(-c2ccc(C(=O)NS(=O)(=O)c3cccc(N)n3)c(N(C)CC(F)F)n2)c1. The highest BCUT2D eigenvalue weighted by Crippen LogP contribution is 2.28. The molecule has 0 radical (unpaired) electrons. The van der Waals surface area contributed by atoms with Crippen LogP contribution in [0.3, 0.4) is 0 Å². The van der Waals surface area contributed by atoms with E-state index in [-0.39, 0.29) is 40.1 Å². The molecule has 0 spiro atoms. The second-order valence-corrected chi connectivity index (χ2v) is 10.2. The second kappa shape index (κ2) is 11.5. The largest absolute Gasteiger partial charge is 0.493 e. The average Bonchev–Trinajstić information content (AvgIpc) is 2.81. The smallest absolute Gasteiger partial charge is 0.281 e. The van der Waals surface area contributed by atoms with Gasteiger partial charge in [0.25, 0.3) is 22.4 Å². The Morgan fingerprint density at radius 1 is 1.14 bits per heavy atom. The number of nitrogens with zero attached hydrogens (tertiary/aromatic N) is 3. The number of aromatic nitrogens is 2. The fraction of sp³-hybridized carbons (Fsp3) is 0.292. The van der Waals surface area contributed by atoms with Crippen LogP contribution in [0.1, 0.15) is 24.2 Å². The number of alkyl halides is 2. The summed E-state index contributed by atoms with van der Waals surface area (Å²) >= 11 is 0. The van der Waals surface area contributed by atoms with Crippen LogP contribution in [0.15, 0.2) is 53.6 Å². The zero-order valence-corrected chi connectivity index (χ0v) is 21.1. The topological polar surface area (TPSA) is 128 Å². The summed E-state index contributed by atoms with van der Waals surface area (Å²) in [5.74, 6) is -1.61. The summed E-state index contributed by atoms with van der Waals surface area (Å²) in [6.07, 6.45) is -2.78. The number of anilines is 2. The number of benzene rings is 1. The van der Waals surface area contributed by atoms with Gasteiger partial charge in [-0.15, -0.1) is 0 Å². The summed E-state index contributed by atoms with van der Waals surface area (Å²) in [5.41, 5.74) is 5.65. The van der Waals surface area contributed by atoms with E-state index in [9.17, 15) is 26.4 Å². The van der Waals surface area contributed by atoms with Gasteiger partial charge in [0.2, 0.25) is 0 Å². The van der Waals surface area contributed by atoms with Crippen LogP contribution in [0.4, 0.5) is 24.8 Å². The van der Waals surface area contributed by atoms with Crippen LogP contribution < -0.4 is 20.1 Å². The van der Waals surface area contributed by atoms with E-state index < -0.39 is 39.7 Å². The summed E-state index contributed by atoms with van der Waals surface area (Å²) in [6, 6.07) is 10.3. The monoisotopic (exact) mass is 537 g/mol. The van der Waals surface area contributed by atoms with Crippen LogP contribution in [-0.2, 0) is 10.0 Å². The van der Waals surface area contributed by atoms with Crippen LogP contribution in [0.25, 0.3) is 11.3 Å². The zero-order valence-electron chi connectivity index (χ0n) is 20.3. The van der Waals surface area contributed by atoms with Gasteiger partial charge in [-0.05, 0) is 42.3 Å². The van der Waals surface area contributed by atoms with Gasteiger partial charge >= 0.3 is 0 Å². The molecule has 2 heterocycles. The molecule has 9 nitrogen and oxygen atoms in total. The van der Waals surface area contributed by atoms with Gasteiger partial charge in [-0.2, -0.15) is 8.42 Å². The number of nitrogens with two attached hydrogens (primary N) is 1. The lowest BCUT2D eigenvalue weighted by atomic mass is 10.1. The van der Waals surface area contributed by atoms with Gasteiger partial charge in [-0.3, -0.25) is 4.79 Å². The van der Waals surface area contributed by atoms with Crippen molar-refractivity contribution in [3.8, 4) is 17.0 Å². The Morgan fingerprint density at radius 3 is 2.51 bits per heavy atom. The van der Waals surface area contributed by atoms with Crippen LogP contribution >= 0.6 is 0 Å². The molecule has 1 aromatic carbocycles. The minimum Gasteiger partial charge on any atom is -0.493 e. The second-order valence-electron chi connectivity index (χ2n) is 8.56. The molecule has 0 aliphatic heterocycles. The maximum atomic E-state index is 14.3. The van der Waals surface area contributed by atoms with Crippen molar-refractivity contribution < 1.29 is 31.1 Å². The molecule has 37 heavy (non-hydrogen) atoms. The van der Waals surface area contributed by atoms with Crippen LogP contribution in [-0.4, -0.2) is 50.9 Å². The number of sulfonamides is 1. The molecule has 198 valence electrons. The molecule has 2 aromatic heterocycles. The standard InChI is InChI=1S/C24H26F3N5O4S/c1-14(2)13-36-17-10-15(9-16(25)11-17)19-8-7-18(23(29-19)32(3)12-20(26)27)24(33)31-37(34,35)22-6-4-5-21(28)30-22/h4-11,14,20H,12-13H2,1-3H3,(H2,28,30)(H,31,33). The fourth-order valence-electron chi connectivity index (χ4n) is 3.24. The first-order valence-electron chi connectivity index (χ1n) is 11.1. The molecule has 0 saturated carbocycles. The van der Waals surface area contributed by atoms with Gasteiger partial charge in [-0.25, -0.2) is 27.9 Å². The van der Waals surface area contributed by atoms with Crippen molar-refractivity contribution in [1.29, 1.82) is 0 Å². The lowest BCUT2D eigenvalue weighted by Crippen LogP contribution is -2.34. The first-order valence-corrected chi connectivity index (χ1v) is 12.6. The van der Waals surface area contributed by atoms with E-state index in [1.165, 1.54) is 49.5 Å². The first-order chi connectivity index (χ1) is 17.4. The van der Waals surface area contributed by atoms with Crippen molar-refractivity contribution in [2.45, 2.75) is 25.3 Å². The van der Waals surface area contributed by atoms with Crippen LogP contribution in [0.2, 0.25) is 0 Å². The van der Waals surface area contributed by atoms with Crippen molar-refractivity contribution in [2.24, 2.45) is 5.92 Å². The van der Waals surface area contributed by atoms with Gasteiger partial charge in [-0.1, -0.05) is 19.9 Å². The molecule has 0 fully saturated rings. The van der Waals surface area contributed by atoms with Gasteiger partial charge < -0.3 is 15.4 Å². The number of ether oxygens (including phenoxy) is 1. The van der Waals surface area contributed by atoms with E-state index in [0.29, 0.717) is 6.61 Å². The average molecular weight is 538 g/mol. The number of pyridine rings is 2. The Labute approximate surface area is 212 Å². The minimum atomic E-state index is -4.43. The molecule has 3 rings (SSSR count). The van der Waals surface area contributed by atoms with Crippen molar-refractivity contribution >= 4 is 27.6 Å². The van der Waals surface area contributed by atoms with Gasteiger partial charge in [0, 0.05) is 18.7 Å². The molecule has 3 N–H and O–H groups in total. The summed E-state index contributed by atoms with van der Waals surface area (Å²) in [6.45, 7) is 3.40. The summed E-state index contributed by atoms with van der Waals surface area (Å²) < 4.78 is 73.3. The van der Waals surface area contributed by atoms with E-state index in [1.807, 2.05) is 18.6 Å². The van der Waals surface area contributed by atoms with Crippen LogP contribution in [0, 0.1) is 11.7 Å². The molecule has 0 unspecified atom stereocenters. The number of carbonyl (C=O) groups is 1. The predicted molar refractivity (Wildman–Crippen MR) is 133 cm³/mol. The molecule has 0 aliphatic carbocycles. The third kappa shape index (κ3) is 7.32. The normalized spacial score (nSPS) is 11.6. The molecule has 0 bridgehead atoms. The summed E-state index contributed by atoms with van der Waals surface area (Å²) in [7, 11) is -3.16. The number of halogens is 3. The third-order valence-corrected chi connectivity index (χ3v) is 6.12. The number of hydrogen-bond donors (Lipinski definition) is 2. The van der Waals surface area contributed by atoms with Gasteiger partial charge in [0.15, 0.2) is 5.03 Å². The Hall–Kier alpha value is -3.87. The number of hydrogen-bond acceptors (Lipinski definition) is 8. The lowest BCUT2D eigenvalue weighted by Gasteiger charge is -2.21. The third-order valence-electron chi connectivity index (χ3n) is 4.89. The molecule has 0 atom stereocenters. The van der Waals surface area contributed by atoms with Gasteiger partial charge in [0.1, 0.15) is 23.2 Å². The molecule has 0 saturated heterocycles. The van der Waals surface area contributed by atoms with Gasteiger partial charge in [0.05, 0.1) is 24.4 Å². The Balaban J connectivity index is 2.01. The van der Waals surface area contributed by atoms with E-state index in [2.05, 4.69) is 9.97 Å². The molecule has 1 amide bonds. The number of nitrogen functional groups attached to an aromatic ring is 1. The van der Waals surface area contributed by atoms with E-state index >= 15 is 0 Å². The summed E-state index contributed by atoms with van der Waals surface area (Å²) in [4.78, 5) is 21.9. The fourth-order valence-corrected chi connectivity index (χ4v) is 4.18. The maximum absolute atomic E-state index is 14.3. The summed E-state index contributed by atoms with van der Waals surface area (Å²) in [5, 5.41) is -0.499. The maximum Gasteiger partial charge on any atom is 0.281 e. The Kier molecular flexibility index (Phi) is 8.58. The predicted octanol–water partition coefficient (Wildman–Crippen LogP) is 3.72. The number of amides is 1. The molecule has 13 heteroatoms. The highest BCUT2D eigenvalue weighted by molar-refractivity contribution is 7.90. The number of rotatable bonds is 10. The Bertz CT molecular complexity index is 1390. The van der Waals surface area contributed by atoms with Crippen molar-refractivity contribution in [3.63, 3.8) is 0 Å². The first kappa shape index (κ1) is 27.7. The molecular formula is C24H26F3N5O4S. The van der Waals surface area contributed by atoms with Crippen molar-refractivity contribution in [2.75, 3.05) is 30.8 Å². The van der Waals surface area contributed by atoms with Crippen LogP contribution in [0.5, 0.6) is 5.75 Å². The Morgan fingerprint density at radius 2 is 1.86 bits per heavy atom. The van der Waals surface area contributed by atoms with Crippen molar-refractivity contribution in [3.05, 3.63) is 59.9 Å². The van der Waals surface area contributed by atoms with Crippen molar-refractivity contribution in [1.82, 2.24) is 14.7 Å². The minimum absolute atomic E-state index is 0.0782. The lowest BCUT2D eigenvalue weighted by molar-refractivity contribution is 0.0980. The molecular weight excluding hydrogens is 511 g/mol. The highest BCUT2D eigenvalue weighted by atomic mass is 32.2. The van der Waals surface area contributed by atoms with E-state index in [0.717, 1.165) is 11.0 Å². The molecule has 0 aliphatic rings. The van der Waals surface area contributed by atoms with E-state index in [1.54, 1.807) is 0 Å². The highest BCUT2D eigenvalue weighted by Gasteiger charge is 2.25. The quantitative estimate of drug-likeness (QED) is 0.401. The number of carbonyl (C=O) groups excluding carboxylic acids is 1. The zero-order chi connectivity index (χ0) is 27.3. The molecule has 3 aromatic rings. The number of nitrogens with one attached hydrogen (secondary N) is 1. The van der Waals surface area contributed by atoms with E-state index in [4.69, 9.17) is 10.5 Å².